The Morgan fingerprint density at radius 2 is 2.27 bits per heavy atom. The van der Waals surface area contributed by atoms with E-state index < -0.39 is 0 Å². The molecule has 0 spiro atoms. The van der Waals surface area contributed by atoms with Gasteiger partial charge in [0.2, 0.25) is 0 Å². The summed E-state index contributed by atoms with van der Waals surface area (Å²) < 4.78 is 0. The largest absolute Gasteiger partial charge is 0.324 e. The van der Waals surface area contributed by atoms with Crippen LogP contribution in [0, 0.1) is 6.92 Å². The van der Waals surface area contributed by atoms with Gasteiger partial charge < -0.3 is 5.73 Å². The number of nitrogens with two attached hydrogens (primary N) is 1. The standard InChI is InChI=1S/C8H11ClN2/c1-5-4-11-8(9)3-7(5)6(2)10/h3-4,6H,10H2,1-2H3. The molecule has 0 aliphatic carbocycles. The predicted molar refractivity (Wildman–Crippen MR) is 46.6 cm³/mol. The van der Waals surface area contributed by atoms with Crippen LogP contribution >= 0.6 is 11.6 Å². The van der Waals surface area contributed by atoms with Crippen molar-refractivity contribution < 1.29 is 0 Å². The van der Waals surface area contributed by atoms with Crippen LogP contribution in [0.4, 0.5) is 0 Å². The Labute approximate surface area is 71.4 Å². The van der Waals surface area contributed by atoms with E-state index in [-0.39, 0.29) is 6.04 Å². The molecule has 3 heteroatoms. The summed E-state index contributed by atoms with van der Waals surface area (Å²) in [5, 5.41) is 0.503. The van der Waals surface area contributed by atoms with E-state index >= 15 is 0 Å². The van der Waals surface area contributed by atoms with Gasteiger partial charge in [-0.25, -0.2) is 4.98 Å². The second-order valence-electron chi connectivity index (χ2n) is 2.65. The lowest BCUT2D eigenvalue weighted by Gasteiger charge is -2.08. The highest BCUT2D eigenvalue weighted by atomic mass is 35.5. The third kappa shape index (κ3) is 1.91. The maximum Gasteiger partial charge on any atom is 0.129 e. The Kier molecular flexibility index (Phi) is 2.47. The van der Waals surface area contributed by atoms with Crippen LogP contribution < -0.4 is 5.73 Å². The summed E-state index contributed by atoms with van der Waals surface area (Å²) in [7, 11) is 0. The third-order valence-corrected chi connectivity index (χ3v) is 1.81. The van der Waals surface area contributed by atoms with Gasteiger partial charge in [-0.1, -0.05) is 11.6 Å². The van der Waals surface area contributed by atoms with E-state index in [4.69, 9.17) is 17.3 Å². The lowest BCUT2D eigenvalue weighted by atomic mass is 10.1. The van der Waals surface area contributed by atoms with Gasteiger partial charge in [0, 0.05) is 12.2 Å². The topological polar surface area (TPSA) is 38.9 Å². The second kappa shape index (κ2) is 3.20. The van der Waals surface area contributed by atoms with Crippen molar-refractivity contribution >= 4 is 11.6 Å². The number of rotatable bonds is 1. The zero-order valence-electron chi connectivity index (χ0n) is 6.63. The molecule has 0 fully saturated rings. The predicted octanol–water partition coefficient (Wildman–Crippen LogP) is 2.06. The van der Waals surface area contributed by atoms with E-state index in [1.807, 2.05) is 19.9 Å². The molecule has 0 aliphatic rings. The van der Waals surface area contributed by atoms with Gasteiger partial charge in [0.05, 0.1) is 0 Å². The molecule has 11 heavy (non-hydrogen) atoms. The van der Waals surface area contributed by atoms with Crippen LogP contribution in [0.3, 0.4) is 0 Å². The number of aromatic nitrogens is 1. The van der Waals surface area contributed by atoms with E-state index in [1.54, 1.807) is 6.20 Å². The molecule has 60 valence electrons. The molecule has 2 N–H and O–H groups in total. The van der Waals surface area contributed by atoms with E-state index in [2.05, 4.69) is 4.98 Å². The van der Waals surface area contributed by atoms with Crippen LogP contribution in [0.1, 0.15) is 24.1 Å². The van der Waals surface area contributed by atoms with Gasteiger partial charge in [0.25, 0.3) is 0 Å². The summed E-state index contributed by atoms with van der Waals surface area (Å²) in [6, 6.07) is 1.83. The number of hydrogen-bond donors (Lipinski definition) is 1. The molecule has 0 aromatic carbocycles. The van der Waals surface area contributed by atoms with Crippen molar-refractivity contribution in [3.63, 3.8) is 0 Å². The third-order valence-electron chi connectivity index (χ3n) is 1.60. The van der Waals surface area contributed by atoms with Gasteiger partial charge in [-0.2, -0.15) is 0 Å². The Morgan fingerprint density at radius 3 is 2.73 bits per heavy atom. The van der Waals surface area contributed by atoms with Crippen molar-refractivity contribution in [2.75, 3.05) is 0 Å². The molecular weight excluding hydrogens is 160 g/mol. The number of pyridine rings is 1. The monoisotopic (exact) mass is 170 g/mol. The molecule has 1 aromatic rings. The first-order valence-electron chi connectivity index (χ1n) is 3.49. The highest BCUT2D eigenvalue weighted by molar-refractivity contribution is 6.29. The molecule has 1 unspecified atom stereocenters. The quantitative estimate of drug-likeness (QED) is 0.656. The number of nitrogens with zero attached hydrogens (tertiary/aromatic N) is 1. The van der Waals surface area contributed by atoms with Crippen LogP contribution in [-0.2, 0) is 0 Å². The van der Waals surface area contributed by atoms with Crippen LogP contribution in [0.25, 0.3) is 0 Å². The minimum absolute atomic E-state index is 0.0236. The number of hydrogen-bond acceptors (Lipinski definition) is 2. The van der Waals surface area contributed by atoms with Gasteiger partial charge in [-0.3, -0.25) is 0 Å². The van der Waals surface area contributed by atoms with Crippen LogP contribution in [0.5, 0.6) is 0 Å². The molecule has 0 aliphatic heterocycles. The van der Waals surface area contributed by atoms with E-state index in [1.165, 1.54) is 0 Å². The number of halogens is 1. The Morgan fingerprint density at radius 1 is 1.64 bits per heavy atom. The van der Waals surface area contributed by atoms with Crippen molar-refractivity contribution in [1.82, 2.24) is 4.98 Å². The van der Waals surface area contributed by atoms with Gasteiger partial charge >= 0.3 is 0 Å². The lowest BCUT2D eigenvalue weighted by Crippen LogP contribution is -2.07. The fourth-order valence-electron chi connectivity index (χ4n) is 1.00. The molecular formula is C8H11ClN2. The SMILES string of the molecule is Cc1cnc(Cl)cc1C(C)N. The molecule has 1 rings (SSSR count). The molecule has 0 radical (unpaired) electrons. The summed E-state index contributed by atoms with van der Waals surface area (Å²) in [4.78, 5) is 3.93. The average Bonchev–Trinajstić information content (AvgIpc) is 1.94. The van der Waals surface area contributed by atoms with Crippen molar-refractivity contribution in [1.29, 1.82) is 0 Å². The van der Waals surface area contributed by atoms with E-state index in [0.29, 0.717) is 5.15 Å². The van der Waals surface area contributed by atoms with Crippen molar-refractivity contribution in [2.24, 2.45) is 5.73 Å². The molecule has 0 saturated carbocycles. The molecule has 1 heterocycles. The van der Waals surface area contributed by atoms with E-state index in [9.17, 15) is 0 Å². The van der Waals surface area contributed by atoms with Crippen LogP contribution in [-0.4, -0.2) is 4.98 Å². The van der Waals surface area contributed by atoms with Gasteiger partial charge in [0.1, 0.15) is 5.15 Å². The zero-order chi connectivity index (χ0) is 8.43. The normalized spacial score (nSPS) is 13.1. The smallest absolute Gasteiger partial charge is 0.129 e. The maximum absolute atomic E-state index is 5.70. The minimum Gasteiger partial charge on any atom is -0.324 e. The zero-order valence-corrected chi connectivity index (χ0v) is 7.39. The lowest BCUT2D eigenvalue weighted by molar-refractivity contribution is 0.806. The molecule has 0 bridgehead atoms. The van der Waals surface area contributed by atoms with E-state index in [0.717, 1.165) is 11.1 Å². The molecule has 2 nitrogen and oxygen atoms in total. The van der Waals surface area contributed by atoms with Crippen LogP contribution in [0.15, 0.2) is 12.3 Å². The van der Waals surface area contributed by atoms with Gasteiger partial charge in [-0.15, -0.1) is 0 Å². The Balaban J connectivity index is 3.13. The van der Waals surface area contributed by atoms with Crippen molar-refractivity contribution in [2.45, 2.75) is 19.9 Å². The highest BCUT2D eigenvalue weighted by Crippen LogP contribution is 2.17. The first kappa shape index (κ1) is 8.50. The molecule has 0 saturated heterocycles. The van der Waals surface area contributed by atoms with Crippen LogP contribution in [0.2, 0.25) is 5.15 Å². The summed E-state index contributed by atoms with van der Waals surface area (Å²) >= 11 is 5.69. The van der Waals surface area contributed by atoms with Crippen molar-refractivity contribution in [3.8, 4) is 0 Å². The molecule has 1 aromatic heterocycles. The van der Waals surface area contributed by atoms with Gasteiger partial charge in [0.15, 0.2) is 0 Å². The second-order valence-corrected chi connectivity index (χ2v) is 3.04. The summed E-state index contributed by atoms with van der Waals surface area (Å²) in [6.45, 7) is 3.90. The maximum atomic E-state index is 5.70. The Bertz CT molecular complexity index is 258. The Hall–Kier alpha value is -0.600. The molecule has 0 amide bonds. The van der Waals surface area contributed by atoms with Crippen molar-refractivity contribution in [3.05, 3.63) is 28.5 Å². The molecule has 1 atom stereocenters. The summed E-state index contributed by atoms with van der Waals surface area (Å²) in [5.74, 6) is 0. The average molecular weight is 171 g/mol. The minimum atomic E-state index is 0.0236. The highest BCUT2D eigenvalue weighted by Gasteiger charge is 2.03. The fraction of sp³-hybridized carbons (Fsp3) is 0.375. The first-order valence-corrected chi connectivity index (χ1v) is 3.86. The first-order chi connectivity index (χ1) is 5.11. The summed E-state index contributed by atoms with van der Waals surface area (Å²) in [5.41, 5.74) is 7.84. The number of aryl methyl sites for hydroxylation is 1. The summed E-state index contributed by atoms with van der Waals surface area (Å²) in [6.07, 6.45) is 1.74. The van der Waals surface area contributed by atoms with Gasteiger partial charge in [-0.05, 0) is 31.0 Å². The fourth-order valence-corrected chi connectivity index (χ4v) is 1.17.